The van der Waals surface area contributed by atoms with Gasteiger partial charge in [-0.25, -0.2) is 4.79 Å². The molecule has 6 nitrogen and oxygen atoms in total. The number of amides is 4. The van der Waals surface area contributed by atoms with E-state index in [1.54, 1.807) is 6.92 Å². The Labute approximate surface area is 152 Å². The molecule has 0 bridgehead atoms. The third kappa shape index (κ3) is 5.74. The predicted molar refractivity (Wildman–Crippen MR) is 96.4 cm³/mol. The van der Waals surface area contributed by atoms with E-state index < -0.39 is 11.9 Å². The van der Waals surface area contributed by atoms with Crippen molar-refractivity contribution < 1.29 is 14.4 Å². The Morgan fingerprint density at radius 1 is 1.28 bits per heavy atom. The number of rotatable bonds is 4. The zero-order valence-electron chi connectivity index (χ0n) is 14.5. The lowest BCUT2D eigenvalue weighted by atomic mass is 9.89. The lowest BCUT2D eigenvalue weighted by Gasteiger charge is -2.34. The van der Waals surface area contributed by atoms with Crippen LogP contribution in [0.4, 0.5) is 4.79 Å². The Kier molecular flexibility index (Phi) is 6.82. The fourth-order valence-corrected chi connectivity index (χ4v) is 3.24. The third-order valence-electron chi connectivity index (χ3n) is 4.41. The SMILES string of the molecule is CC(=O)NC(=O)NCC(C)C(=O)N1CCC(c2cccc(Cl)c2)CC1. The molecule has 0 aromatic heterocycles. The highest BCUT2D eigenvalue weighted by molar-refractivity contribution is 6.30. The van der Waals surface area contributed by atoms with Gasteiger partial charge in [-0.2, -0.15) is 0 Å². The van der Waals surface area contributed by atoms with Gasteiger partial charge in [-0.15, -0.1) is 0 Å². The van der Waals surface area contributed by atoms with Crippen molar-refractivity contribution in [2.24, 2.45) is 5.92 Å². The van der Waals surface area contributed by atoms with Crippen LogP contribution >= 0.6 is 11.6 Å². The number of nitrogens with one attached hydrogen (secondary N) is 2. The van der Waals surface area contributed by atoms with Gasteiger partial charge >= 0.3 is 6.03 Å². The molecule has 1 heterocycles. The molecular formula is C18H24ClN3O3. The van der Waals surface area contributed by atoms with E-state index in [0.717, 1.165) is 17.9 Å². The van der Waals surface area contributed by atoms with Crippen LogP contribution in [0.25, 0.3) is 0 Å². The minimum atomic E-state index is -0.577. The highest BCUT2D eigenvalue weighted by Gasteiger charge is 2.27. The minimum absolute atomic E-state index is 0.0210. The Morgan fingerprint density at radius 2 is 1.96 bits per heavy atom. The van der Waals surface area contributed by atoms with Crippen LogP contribution in [0.15, 0.2) is 24.3 Å². The van der Waals surface area contributed by atoms with Crippen molar-refractivity contribution in [1.82, 2.24) is 15.5 Å². The molecule has 4 amide bonds. The van der Waals surface area contributed by atoms with E-state index in [2.05, 4.69) is 16.7 Å². The van der Waals surface area contributed by atoms with E-state index >= 15 is 0 Å². The van der Waals surface area contributed by atoms with Crippen molar-refractivity contribution in [1.29, 1.82) is 0 Å². The summed E-state index contributed by atoms with van der Waals surface area (Å²) in [7, 11) is 0. The lowest BCUT2D eigenvalue weighted by molar-refractivity contribution is -0.135. The molecule has 1 aliphatic rings. The molecular weight excluding hydrogens is 342 g/mol. The van der Waals surface area contributed by atoms with E-state index in [1.165, 1.54) is 12.5 Å². The van der Waals surface area contributed by atoms with E-state index in [-0.39, 0.29) is 18.4 Å². The Balaban J connectivity index is 1.80. The highest BCUT2D eigenvalue weighted by atomic mass is 35.5. The number of hydrogen-bond acceptors (Lipinski definition) is 3. The number of likely N-dealkylation sites (tertiary alicyclic amines) is 1. The molecule has 0 saturated carbocycles. The van der Waals surface area contributed by atoms with Crippen LogP contribution < -0.4 is 10.6 Å². The molecule has 2 N–H and O–H groups in total. The van der Waals surface area contributed by atoms with Gasteiger partial charge in [-0.1, -0.05) is 30.7 Å². The molecule has 136 valence electrons. The quantitative estimate of drug-likeness (QED) is 0.860. The number of carbonyl (C=O) groups excluding carboxylic acids is 3. The molecule has 25 heavy (non-hydrogen) atoms. The number of urea groups is 1. The summed E-state index contributed by atoms with van der Waals surface area (Å²) in [4.78, 5) is 36.5. The number of imide groups is 1. The fraction of sp³-hybridized carbons (Fsp3) is 0.500. The Morgan fingerprint density at radius 3 is 2.56 bits per heavy atom. The number of nitrogens with zero attached hydrogens (tertiary/aromatic N) is 1. The summed E-state index contributed by atoms with van der Waals surface area (Å²) in [5, 5.41) is 5.40. The smallest absolute Gasteiger partial charge is 0.321 e. The van der Waals surface area contributed by atoms with Gasteiger partial charge in [-0.3, -0.25) is 14.9 Å². The average Bonchev–Trinajstić information content (AvgIpc) is 2.58. The zero-order valence-corrected chi connectivity index (χ0v) is 15.3. The fourth-order valence-electron chi connectivity index (χ4n) is 3.04. The van der Waals surface area contributed by atoms with Gasteiger partial charge in [0.1, 0.15) is 0 Å². The van der Waals surface area contributed by atoms with Gasteiger partial charge in [-0.05, 0) is 36.5 Å². The standard InChI is InChI=1S/C18H24ClN3O3/c1-12(11-20-18(25)21-13(2)23)17(24)22-8-6-14(7-9-22)15-4-3-5-16(19)10-15/h3-5,10,12,14H,6-9,11H2,1-2H3,(H2,20,21,23,25). The van der Waals surface area contributed by atoms with Crippen LogP contribution in [0.3, 0.4) is 0 Å². The maximum Gasteiger partial charge on any atom is 0.321 e. The zero-order chi connectivity index (χ0) is 18.4. The Hall–Kier alpha value is -2.08. The summed E-state index contributed by atoms with van der Waals surface area (Å²) in [5.74, 6) is -0.329. The number of benzene rings is 1. The molecule has 1 unspecified atom stereocenters. The second kappa shape index (κ2) is 8.85. The van der Waals surface area contributed by atoms with Crippen LogP contribution in [-0.4, -0.2) is 42.4 Å². The van der Waals surface area contributed by atoms with Crippen molar-refractivity contribution >= 4 is 29.4 Å². The summed E-state index contributed by atoms with van der Waals surface area (Å²) >= 11 is 6.05. The van der Waals surface area contributed by atoms with Crippen molar-refractivity contribution in [2.45, 2.75) is 32.6 Å². The molecule has 1 fully saturated rings. The van der Waals surface area contributed by atoms with Gasteiger partial charge < -0.3 is 10.2 Å². The molecule has 0 radical (unpaired) electrons. The van der Waals surface area contributed by atoms with E-state index in [4.69, 9.17) is 11.6 Å². The molecule has 1 atom stereocenters. The van der Waals surface area contributed by atoms with Gasteiger partial charge in [0.05, 0.1) is 5.92 Å². The summed E-state index contributed by atoms with van der Waals surface area (Å²) in [6, 6.07) is 7.31. The second-order valence-electron chi connectivity index (χ2n) is 6.45. The topological polar surface area (TPSA) is 78.5 Å². The predicted octanol–water partition coefficient (Wildman–Crippen LogP) is 2.53. The maximum absolute atomic E-state index is 12.5. The van der Waals surface area contributed by atoms with Crippen LogP contribution in [0.1, 0.15) is 38.2 Å². The molecule has 1 aromatic rings. The summed E-state index contributed by atoms with van der Waals surface area (Å²) in [6.45, 7) is 4.63. The van der Waals surface area contributed by atoms with Gasteiger partial charge in [0.2, 0.25) is 11.8 Å². The Bertz CT molecular complexity index is 642. The number of halogens is 1. The van der Waals surface area contributed by atoms with Crippen molar-refractivity contribution in [3.63, 3.8) is 0 Å². The van der Waals surface area contributed by atoms with Crippen LogP contribution in [-0.2, 0) is 9.59 Å². The average molecular weight is 366 g/mol. The lowest BCUT2D eigenvalue weighted by Crippen LogP contribution is -2.46. The summed E-state index contributed by atoms with van der Waals surface area (Å²) in [5.41, 5.74) is 1.22. The van der Waals surface area contributed by atoms with Gasteiger partial charge in [0.25, 0.3) is 0 Å². The number of hydrogen-bond donors (Lipinski definition) is 2. The highest BCUT2D eigenvalue weighted by Crippen LogP contribution is 2.29. The first kappa shape index (κ1) is 19.2. The normalized spacial score (nSPS) is 16.2. The van der Waals surface area contributed by atoms with Crippen LogP contribution in [0.2, 0.25) is 5.02 Å². The third-order valence-corrected chi connectivity index (χ3v) is 4.64. The second-order valence-corrected chi connectivity index (χ2v) is 6.88. The van der Waals surface area contributed by atoms with Crippen molar-refractivity contribution in [3.05, 3.63) is 34.9 Å². The number of carbonyl (C=O) groups is 3. The van der Waals surface area contributed by atoms with Crippen molar-refractivity contribution in [2.75, 3.05) is 19.6 Å². The van der Waals surface area contributed by atoms with Crippen LogP contribution in [0.5, 0.6) is 0 Å². The molecule has 7 heteroatoms. The minimum Gasteiger partial charge on any atom is -0.342 e. The maximum atomic E-state index is 12.5. The molecule has 1 aliphatic heterocycles. The van der Waals surface area contributed by atoms with E-state index in [9.17, 15) is 14.4 Å². The molecule has 2 rings (SSSR count). The first-order chi connectivity index (χ1) is 11.9. The van der Waals surface area contributed by atoms with E-state index in [1.807, 2.05) is 23.1 Å². The molecule has 0 spiro atoms. The largest absolute Gasteiger partial charge is 0.342 e. The monoisotopic (exact) mass is 365 g/mol. The summed E-state index contributed by atoms with van der Waals surface area (Å²) < 4.78 is 0. The molecule has 1 saturated heterocycles. The molecule has 1 aromatic carbocycles. The first-order valence-electron chi connectivity index (χ1n) is 8.46. The number of piperidine rings is 1. The van der Waals surface area contributed by atoms with Crippen LogP contribution in [0, 0.1) is 5.92 Å². The van der Waals surface area contributed by atoms with Crippen molar-refractivity contribution in [3.8, 4) is 0 Å². The van der Waals surface area contributed by atoms with Gasteiger partial charge in [0.15, 0.2) is 0 Å². The van der Waals surface area contributed by atoms with E-state index in [0.29, 0.717) is 19.0 Å². The van der Waals surface area contributed by atoms with Gasteiger partial charge in [0, 0.05) is 31.6 Å². The molecule has 0 aliphatic carbocycles. The summed E-state index contributed by atoms with van der Waals surface area (Å²) in [6.07, 6.45) is 1.80. The first-order valence-corrected chi connectivity index (χ1v) is 8.84.